The topological polar surface area (TPSA) is 78.9 Å². The molecule has 0 spiro atoms. The molecule has 0 atom stereocenters. The molecule has 6 nitrogen and oxygen atoms in total. The van der Waals surface area contributed by atoms with Crippen molar-refractivity contribution in [3.63, 3.8) is 0 Å². The van der Waals surface area contributed by atoms with E-state index in [-0.39, 0.29) is 54.2 Å². The summed E-state index contributed by atoms with van der Waals surface area (Å²) in [6.45, 7) is 6.71. The van der Waals surface area contributed by atoms with Crippen molar-refractivity contribution in [1.82, 2.24) is 0 Å². The van der Waals surface area contributed by atoms with E-state index in [0.717, 1.165) is 57.8 Å². The molecule has 0 aliphatic heterocycles. The minimum Gasteiger partial charge on any atom is -0.462 e. The zero-order chi connectivity index (χ0) is 45.8. The molecule has 0 saturated carbocycles. The van der Waals surface area contributed by atoms with E-state index in [1.807, 2.05) is 0 Å². The van der Waals surface area contributed by atoms with Crippen LogP contribution in [0.25, 0.3) is 0 Å². The third-order valence-corrected chi connectivity index (χ3v) is 13.1. The van der Waals surface area contributed by atoms with Gasteiger partial charge in [-0.05, 0) is 19.3 Å². The molecule has 0 unspecified atom stereocenters. The van der Waals surface area contributed by atoms with Crippen LogP contribution in [0.15, 0.2) is 0 Å². The van der Waals surface area contributed by atoms with E-state index in [2.05, 4.69) is 20.8 Å². The van der Waals surface area contributed by atoms with Gasteiger partial charge in [-0.2, -0.15) is 0 Å². The lowest BCUT2D eigenvalue weighted by atomic mass is 10.0. The highest BCUT2D eigenvalue weighted by molar-refractivity contribution is 5.75. The van der Waals surface area contributed by atoms with Gasteiger partial charge in [-0.1, -0.05) is 290 Å². The molecule has 0 amide bonds. The molecule has 378 valence electrons. The molecule has 0 rings (SSSR count). The van der Waals surface area contributed by atoms with Crippen LogP contribution in [0.4, 0.5) is 0 Å². The molecule has 0 aromatic heterocycles. The molecule has 0 aliphatic rings. The number of hydrogen-bond acceptors (Lipinski definition) is 6. The first-order chi connectivity index (χ1) is 31.0. The molecule has 0 radical (unpaired) electrons. The molecule has 0 bridgehead atoms. The first-order valence-corrected chi connectivity index (χ1v) is 28.5. The molecule has 0 heterocycles. The minimum atomic E-state index is -0.760. The van der Waals surface area contributed by atoms with E-state index in [0.29, 0.717) is 19.3 Å². The Morgan fingerprint density at radius 2 is 0.438 bits per heavy atom. The number of ether oxygens (including phenoxy) is 3. The van der Waals surface area contributed by atoms with Gasteiger partial charge in [0.05, 0.1) is 0 Å². The van der Waals surface area contributed by atoms with Crippen molar-refractivity contribution in [2.24, 2.45) is 0 Å². The molecule has 0 N–H and O–H groups in total. The predicted octanol–water partition coefficient (Wildman–Crippen LogP) is 17.9. The van der Waals surface area contributed by atoms with Gasteiger partial charge >= 0.3 is 41.0 Å². The van der Waals surface area contributed by atoms with Crippen LogP contribution in [0.2, 0.25) is 0 Å². The van der Waals surface area contributed by atoms with E-state index in [1.165, 1.54) is 231 Å². The summed E-state index contributed by atoms with van der Waals surface area (Å²) in [6.07, 6.45) is 58.0. The number of esters is 3. The maximum Gasteiger partial charge on any atom is 0.316 e. The Morgan fingerprint density at radius 1 is 0.266 bits per heavy atom. The molecule has 0 saturated heterocycles. The van der Waals surface area contributed by atoms with E-state index in [1.54, 1.807) is 0 Å². The van der Waals surface area contributed by atoms with E-state index in [9.17, 15) is 14.4 Å². The van der Waals surface area contributed by atoms with Crippen LogP contribution >= 0.6 is 0 Å². The van der Waals surface area contributed by atoms with Crippen LogP contribution in [0.1, 0.15) is 329 Å². The average Bonchev–Trinajstić information content (AvgIpc) is 3.28. The molecule has 64 heavy (non-hydrogen) atoms. The average molecular weight is 918 g/mol. The third-order valence-electron chi connectivity index (χ3n) is 13.1. The first kappa shape index (κ1) is 65.3. The molecule has 0 aliphatic carbocycles. The van der Waals surface area contributed by atoms with Crippen LogP contribution in [0.3, 0.4) is 0 Å². The van der Waals surface area contributed by atoms with Crippen molar-refractivity contribution in [3.8, 4) is 0 Å². The van der Waals surface area contributed by atoms with Crippen molar-refractivity contribution in [1.29, 1.82) is 0 Å². The lowest BCUT2D eigenvalue weighted by Gasteiger charge is -2.18. The second-order valence-corrected chi connectivity index (χ2v) is 19.6. The molecular weight excluding hydrogens is 805 g/mol. The fourth-order valence-electron chi connectivity index (χ4n) is 8.80. The van der Waals surface area contributed by atoms with E-state index < -0.39 is 6.10 Å². The van der Waals surface area contributed by atoms with Gasteiger partial charge in [0.25, 0.3) is 0 Å². The Bertz CT molecular complexity index is 893. The fourth-order valence-corrected chi connectivity index (χ4v) is 8.80. The van der Waals surface area contributed by atoms with Crippen molar-refractivity contribution >= 4 is 41.0 Å². The zero-order valence-corrected chi connectivity index (χ0v) is 42.9. The molecule has 0 aromatic carbocycles. The highest BCUT2D eigenvalue weighted by atomic mass is 24.3. The summed E-state index contributed by atoms with van der Waals surface area (Å²) in [5, 5.41) is 0. The highest BCUT2D eigenvalue weighted by Crippen LogP contribution is 2.17. The molecule has 7 heteroatoms. The van der Waals surface area contributed by atoms with Crippen molar-refractivity contribution in [2.75, 3.05) is 13.2 Å². The van der Waals surface area contributed by atoms with E-state index >= 15 is 0 Å². The van der Waals surface area contributed by atoms with Crippen molar-refractivity contribution in [3.05, 3.63) is 0 Å². The summed E-state index contributed by atoms with van der Waals surface area (Å²) in [7, 11) is 0. The van der Waals surface area contributed by atoms with Crippen LogP contribution in [-0.4, -0.2) is 60.3 Å². The summed E-state index contributed by atoms with van der Waals surface area (Å²) < 4.78 is 16.9. The summed E-state index contributed by atoms with van der Waals surface area (Å²) in [5.74, 6) is -0.832. The van der Waals surface area contributed by atoms with E-state index in [4.69, 9.17) is 14.2 Å². The summed E-state index contributed by atoms with van der Waals surface area (Å²) in [5.41, 5.74) is 0. The smallest absolute Gasteiger partial charge is 0.316 e. The van der Waals surface area contributed by atoms with Crippen molar-refractivity contribution in [2.45, 2.75) is 335 Å². The summed E-state index contributed by atoms with van der Waals surface area (Å²) in [6, 6.07) is 0. The summed E-state index contributed by atoms with van der Waals surface area (Å²) in [4.78, 5) is 38.1. The van der Waals surface area contributed by atoms with Gasteiger partial charge in [0.2, 0.25) is 0 Å². The highest BCUT2D eigenvalue weighted by Gasteiger charge is 2.19. The molecule has 0 aromatic rings. The standard InChI is InChI=1S/C57H110O6.Mg.2H/c1-4-7-10-13-16-19-22-25-28-31-34-37-40-43-46-49-55(58)61-52-54(63-57(60)51-48-45-42-39-36-33-30-27-24-21-18-15-12-9-6-3)53-62-56(59)50-47-44-41-38-35-32-29-26-23-20-17-14-11-8-5-2;;;/h54H,4-53H2,1-3H3;;;. The quantitative estimate of drug-likeness (QED) is 0.0262. The van der Waals surface area contributed by atoms with Gasteiger partial charge in [0.15, 0.2) is 6.10 Å². The van der Waals surface area contributed by atoms with Crippen molar-refractivity contribution < 1.29 is 28.6 Å². The number of rotatable bonds is 53. The summed E-state index contributed by atoms with van der Waals surface area (Å²) >= 11 is 0. The van der Waals surface area contributed by atoms with Gasteiger partial charge < -0.3 is 14.2 Å². The fraction of sp³-hybridized carbons (Fsp3) is 0.947. The van der Waals surface area contributed by atoms with Crippen LogP contribution in [0, 0.1) is 0 Å². The number of carbonyl (C=O) groups is 3. The second kappa shape index (κ2) is 56.5. The van der Waals surface area contributed by atoms with Crippen LogP contribution in [-0.2, 0) is 28.6 Å². The van der Waals surface area contributed by atoms with Gasteiger partial charge in [-0.3, -0.25) is 14.4 Å². The Kier molecular flexibility index (Phi) is 57.6. The van der Waals surface area contributed by atoms with Gasteiger partial charge in [-0.25, -0.2) is 0 Å². The third kappa shape index (κ3) is 53.8. The van der Waals surface area contributed by atoms with Gasteiger partial charge in [-0.15, -0.1) is 0 Å². The second-order valence-electron chi connectivity index (χ2n) is 19.6. The molecular formula is C57H112MgO6. The monoisotopic (exact) mass is 917 g/mol. The minimum absolute atomic E-state index is 0. The Morgan fingerprint density at radius 3 is 0.641 bits per heavy atom. The number of hydrogen-bond donors (Lipinski definition) is 0. The SMILES string of the molecule is CCCCCCCCCCCCCCCCCC(=O)OCC(COC(=O)CCCCCCCCCCCCCCCCC)OC(=O)CCCCCCCCCCCCCCCCC.[MgH2]. The van der Waals surface area contributed by atoms with Gasteiger partial charge in [0.1, 0.15) is 13.2 Å². The predicted molar refractivity (Wildman–Crippen MR) is 279 cm³/mol. The maximum absolute atomic E-state index is 12.8. The van der Waals surface area contributed by atoms with Gasteiger partial charge in [0, 0.05) is 19.3 Å². The first-order valence-electron chi connectivity index (χ1n) is 28.5. The molecule has 0 fully saturated rings. The zero-order valence-electron chi connectivity index (χ0n) is 42.9. The largest absolute Gasteiger partial charge is 0.462 e. The number of carbonyl (C=O) groups excluding carboxylic acids is 3. The normalized spacial score (nSPS) is 11.2. The number of unbranched alkanes of at least 4 members (excludes halogenated alkanes) is 42. The Labute approximate surface area is 415 Å². The lowest BCUT2D eigenvalue weighted by molar-refractivity contribution is -0.167. The van der Waals surface area contributed by atoms with Crippen LogP contribution < -0.4 is 0 Å². The maximum atomic E-state index is 12.8. The Hall–Kier alpha value is -0.824. The Balaban J connectivity index is 0. The van der Waals surface area contributed by atoms with Crippen LogP contribution in [0.5, 0.6) is 0 Å². The lowest BCUT2D eigenvalue weighted by Crippen LogP contribution is -2.30.